The van der Waals surface area contributed by atoms with E-state index in [1.165, 1.54) is 19.3 Å². The van der Waals surface area contributed by atoms with Crippen LogP contribution in [0.1, 0.15) is 79.6 Å². The zero-order valence-electron chi connectivity index (χ0n) is 15.2. The molecule has 1 saturated carbocycles. The highest BCUT2D eigenvalue weighted by Crippen LogP contribution is 2.40. The first-order chi connectivity index (χ1) is 10.3. The Morgan fingerprint density at radius 2 is 1.64 bits per heavy atom. The van der Waals surface area contributed by atoms with Gasteiger partial charge >= 0.3 is 0 Å². The van der Waals surface area contributed by atoms with Crippen LogP contribution in [0.5, 0.6) is 0 Å². The Hall–Kier alpha value is -0.570. The molecule has 1 saturated heterocycles. The summed E-state index contributed by atoms with van der Waals surface area (Å²) in [4.78, 5) is 12.5. The Balaban J connectivity index is 1.79. The fraction of sp³-hybridized carbons (Fsp3) is 0.947. The topological polar surface area (TPSA) is 38.3 Å². The zero-order valence-corrected chi connectivity index (χ0v) is 15.2. The number of hydrogen-bond acceptors (Lipinski definition) is 2. The minimum atomic E-state index is 0.142. The fourth-order valence-electron chi connectivity index (χ4n) is 4.25. The molecule has 128 valence electrons. The van der Waals surface area contributed by atoms with E-state index < -0.39 is 0 Å². The maximum absolute atomic E-state index is 12.5. The Morgan fingerprint density at radius 1 is 1.09 bits per heavy atom. The summed E-state index contributed by atoms with van der Waals surface area (Å²) in [6, 6.07) is 0.393. The van der Waals surface area contributed by atoms with Crippen molar-refractivity contribution >= 4 is 5.91 Å². The molecule has 2 rings (SSSR count). The van der Waals surface area contributed by atoms with Crippen molar-refractivity contribution in [1.29, 1.82) is 0 Å². The molecule has 1 N–H and O–H groups in total. The first-order valence-electron chi connectivity index (χ1n) is 9.27. The standard InChI is InChI=1S/C19H35NO2/c1-6-19(4,5)16-7-9-17(10-8-16)20-18(21)15-11-13(2)22-14(3)12-15/h13-17H,6-12H2,1-5H3,(H,20,21)/t13-,14+,15?,16?,17?. The third-order valence-corrected chi connectivity index (χ3v) is 6.16. The van der Waals surface area contributed by atoms with E-state index in [1.54, 1.807) is 0 Å². The summed E-state index contributed by atoms with van der Waals surface area (Å²) in [5.41, 5.74) is 0.445. The highest BCUT2D eigenvalue weighted by Gasteiger charge is 2.34. The Morgan fingerprint density at radius 3 is 2.14 bits per heavy atom. The third kappa shape index (κ3) is 4.47. The summed E-state index contributed by atoms with van der Waals surface area (Å²) >= 11 is 0. The van der Waals surface area contributed by atoms with Gasteiger partial charge in [0.2, 0.25) is 5.91 Å². The van der Waals surface area contributed by atoms with Crippen molar-refractivity contribution in [3.05, 3.63) is 0 Å². The quantitative estimate of drug-likeness (QED) is 0.840. The number of carbonyl (C=O) groups is 1. The van der Waals surface area contributed by atoms with Gasteiger partial charge in [-0.15, -0.1) is 0 Å². The smallest absolute Gasteiger partial charge is 0.223 e. The molecule has 3 atom stereocenters. The predicted octanol–water partition coefficient (Wildman–Crippen LogP) is 4.30. The van der Waals surface area contributed by atoms with Crippen LogP contribution in [0.25, 0.3) is 0 Å². The zero-order chi connectivity index (χ0) is 16.3. The van der Waals surface area contributed by atoms with Crippen LogP contribution in [0.15, 0.2) is 0 Å². The summed E-state index contributed by atoms with van der Waals surface area (Å²) in [5.74, 6) is 1.22. The van der Waals surface area contributed by atoms with Gasteiger partial charge in [-0.3, -0.25) is 4.79 Å². The molecule has 0 bridgehead atoms. The van der Waals surface area contributed by atoms with Gasteiger partial charge in [0.15, 0.2) is 0 Å². The molecule has 2 aliphatic rings. The Kier molecular flexibility index (Phi) is 5.93. The molecule has 1 heterocycles. The third-order valence-electron chi connectivity index (χ3n) is 6.16. The van der Waals surface area contributed by atoms with E-state index in [2.05, 4.69) is 39.9 Å². The van der Waals surface area contributed by atoms with Gasteiger partial charge in [0, 0.05) is 12.0 Å². The predicted molar refractivity (Wildman–Crippen MR) is 90.7 cm³/mol. The Labute approximate surface area is 136 Å². The monoisotopic (exact) mass is 309 g/mol. The van der Waals surface area contributed by atoms with Gasteiger partial charge in [-0.2, -0.15) is 0 Å². The van der Waals surface area contributed by atoms with Gasteiger partial charge in [-0.05, 0) is 63.7 Å². The molecule has 0 aromatic carbocycles. The first-order valence-corrected chi connectivity index (χ1v) is 9.27. The lowest BCUT2D eigenvalue weighted by Gasteiger charge is -2.39. The highest BCUT2D eigenvalue weighted by molar-refractivity contribution is 5.79. The van der Waals surface area contributed by atoms with Crippen molar-refractivity contribution in [1.82, 2.24) is 5.32 Å². The van der Waals surface area contributed by atoms with Crippen molar-refractivity contribution in [2.24, 2.45) is 17.3 Å². The number of amides is 1. The molecule has 3 nitrogen and oxygen atoms in total. The molecule has 2 fully saturated rings. The van der Waals surface area contributed by atoms with Crippen molar-refractivity contribution in [2.45, 2.75) is 97.8 Å². The lowest BCUT2D eigenvalue weighted by Crippen LogP contribution is -2.45. The number of ether oxygens (including phenoxy) is 1. The number of nitrogens with one attached hydrogen (secondary N) is 1. The van der Waals surface area contributed by atoms with Crippen molar-refractivity contribution in [3.63, 3.8) is 0 Å². The van der Waals surface area contributed by atoms with Crippen molar-refractivity contribution < 1.29 is 9.53 Å². The summed E-state index contributed by atoms with van der Waals surface area (Å²) in [5, 5.41) is 3.33. The Bertz CT molecular complexity index is 362. The first kappa shape index (κ1) is 17.8. The number of hydrogen-bond donors (Lipinski definition) is 1. The van der Waals surface area contributed by atoms with Crippen molar-refractivity contribution in [2.75, 3.05) is 0 Å². The molecule has 1 aliphatic heterocycles. The number of rotatable bonds is 4. The van der Waals surface area contributed by atoms with E-state index in [-0.39, 0.29) is 24.0 Å². The van der Waals surface area contributed by atoms with Gasteiger partial charge < -0.3 is 10.1 Å². The SMILES string of the molecule is CCC(C)(C)C1CCC(NC(=O)C2C[C@@H](C)O[C@@H](C)C2)CC1. The maximum atomic E-state index is 12.5. The summed E-state index contributed by atoms with van der Waals surface area (Å²) in [6.45, 7) is 11.2. The summed E-state index contributed by atoms with van der Waals surface area (Å²) < 4.78 is 5.74. The van der Waals surface area contributed by atoms with E-state index in [0.29, 0.717) is 11.5 Å². The summed E-state index contributed by atoms with van der Waals surface area (Å²) in [7, 11) is 0. The molecule has 22 heavy (non-hydrogen) atoms. The van der Waals surface area contributed by atoms with Gasteiger partial charge in [-0.25, -0.2) is 0 Å². The van der Waals surface area contributed by atoms with E-state index >= 15 is 0 Å². The molecular weight excluding hydrogens is 274 g/mol. The second kappa shape index (κ2) is 7.33. The minimum absolute atomic E-state index is 0.142. The van der Waals surface area contributed by atoms with Crippen LogP contribution in [0.2, 0.25) is 0 Å². The van der Waals surface area contributed by atoms with E-state index in [4.69, 9.17) is 4.74 Å². The molecule has 0 aromatic heterocycles. The largest absolute Gasteiger partial charge is 0.376 e. The van der Waals surface area contributed by atoms with Crippen LogP contribution in [0, 0.1) is 17.3 Å². The molecule has 3 heteroatoms. The average molecular weight is 309 g/mol. The molecule has 1 aliphatic carbocycles. The van der Waals surface area contributed by atoms with Crippen LogP contribution >= 0.6 is 0 Å². The molecule has 0 spiro atoms. The van der Waals surface area contributed by atoms with Crippen LogP contribution in [-0.2, 0) is 9.53 Å². The van der Waals surface area contributed by atoms with Gasteiger partial charge in [0.05, 0.1) is 12.2 Å². The van der Waals surface area contributed by atoms with E-state index in [1.807, 2.05) is 0 Å². The lowest BCUT2D eigenvalue weighted by atomic mass is 9.69. The van der Waals surface area contributed by atoms with Crippen LogP contribution in [0.4, 0.5) is 0 Å². The molecular formula is C19H35NO2. The molecule has 1 unspecified atom stereocenters. The minimum Gasteiger partial charge on any atom is -0.376 e. The highest BCUT2D eigenvalue weighted by atomic mass is 16.5. The van der Waals surface area contributed by atoms with Gasteiger partial charge in [0.1, 0.15) is 0 Å². The van der Waals surface area contributed by atoms with E-state index in [9.17, 15) is 4.79 Å². The molecule has 1 amide bonds. The molecule has 0 radical (unpaired) electrons. The van der Waals surface area contributed by atoms with Crippen molar-refractivity contribution in [3.8, 4) is 0 Å². The van der Waals surface area contributed by atoms with Crippen LogP contribution in [0.3, 0.4) is 0 Å². The van der Waals surface area contributed by atoms with Crippen LogP contribution in [-0.4, -0.2) is 24.2 Å². The van der Waals surface area contributed by atoms with E-state index in [0.717, 1.165) is 31.6 Å². The number of carbonyl (C=O) groups excluding carboxylic acids is 1. The maximum Gasteiger partial charge on any atom is 0.223 e. The van der Waals surface area contributed by atoms with Gasteiger partial charge in [0.25, 0.3) is 0 Å². The fourth-order valence-corrected chi connectivity index (χ4v) is 4.25. The second-order valence-corrected chi connectivity index (χ2v) is 8.32. The summed E-state index contributed by atoms with van der Waals surface area (Å²) in [6.07, 6.45) is 8.21. The van der Waals surface area contributed by atoms with Crippen LogP contribution < -0.4 is 5.32 Å². The average Bonchev–Trinajstić information content (AvgIpc) is 2.46. The molecule has 0 aromatic rings. The lowest BCUT2D eigenvalue weighted by molar-refractivity contribution is -0.134. The normalized spacial score (nSPS) is 36.9. The van der Waals surface area contributed by atoms with Gasteiger partial charge in [-0.1, -0.05) is 27.2 Å². The second-order valence-electron chi connectivity index (χ2n) is 8.32.